The molecule has 0 aromatic carbocycles. The van der Waals surface area contributed by atoms with Crippen LogP contribution >= 0.6 is 0 Å². The van der Waals surface area contributed by atoms with E-state index < -0.39 is 0 Å². The van der Waals surface area contributed by atoms with Gasteiger partial charge < -0.3 is 10.5 Å². The highest BCUT2D eigenvalue weighted by molar-refractivity contribution is 5.80. The SMILES string of the molecule is CCCCCC(CC)OC(=O)CCCCCCCC(=O)CN. The molecule has 1 unspecified atom stereocenters. The lowest BCUT2D eigenvalue weighted by Gasteiger charge is -2.16. The maximum Gasteiger partial charge on any atom is 0.306 e. The Morgan fingerprint density at radius 3 is 2.14 bits per heavy atom. The Bertz CT molecular complexity index is 292. The van der Waals surface area contributed by atoms with Crippen molar-refractivity contribution in [3.05, 3.63) is 0 Å². The van der Waals surface area contributed by atoms with Crippen molar-refractivity contribution in [3.8, 4) is 0 Å². The molecule has 0 rings (SSSR count). The van der Waals surface area contributed by atoms with Crippen molar-refractivity contribution >= 4 is 11.8 Å². The van der Waals surface area contributed by atoms with E-state index in [1.54, 1.807) is 0 Å². The van der Waals surface area contributed by atoms with Crippen LogP contribution in [-0.4, -0.2) is 24.4 Å². The second-order valence-corrected chi connectivity index (χ2v) is 6.03. The van der Waals surface area contributed by atoms with Crippen molar-refractivity contribution in [2.45, 2.75) is 97.0 Å². The first-order valence-electron chi connectivity index (χ1n) is 9.05. The first kappa shape index (κ1) is 21.1. The van der Waals surface area contributed by atoms with Crippen LogP contribution in [-0.2, 0) is 14.3 Å². The Morgan fingerprint density at radius 2 is 1.55 bits per heavy atom. The van der Waals surface area contributed by atoms with Crippen LogP contribution in [0.15, 0.2) is 0 Å². The number of ketones is 1. The smallest absolute Gasteiger partial charge is 0.306 e. The molecule has 0 aliphatic rings. The van der Waals surface area contributed by atoms with Gasteiger partial charge in [0.1, 0.15) is 11.9 Å². The van der Waals surface area contributed by atoms with Crippen LogP contribution in [0.1, 0.15) is 90.9 Å². The van der Waals surface area contributed by atoms with E-state index in [-0.39, 0.29) is 24.4 Å². The van der Waals surface area contributed by atoms with Crippen LogP contribution in [0.2, 0.25) is 0 Å². The maximum absolute atomic E-state index is 11.8. The summed E-state index contributed by atoms with van der Waals surface area (Å²) in [4.78, 5) is 22.8. The largest absolute Gasteiger partial charge is 0.462 e. The van der Waals surface area contributed by atoms with E-state index in [0.717, 1.165) is 51.4 Å². The first-order valence-corrected chi connectivity index (χ1v) is 9.05. The van der Waals surface area contributed by atoms with Gasteiger partial charge in [-0.15, -0.1) is 0 Å². The normalized spacial score (nSPS) is 12.1. The Balaban J connectivity index is 3.53. The number of hydrogen-bond acceptors (Lipinski definition) is 4. The first-order chi connectivity index (χ1) is 10.6. The lowest BCUT2D eigenvalue weighted by molar-refractivity contribution is -0.149. The second-order valence-electron chi connectivity index (χ2n) is 6.03. The van der Waals surface area contributed by atoms with Crippen molar-refractivity contribution in [3.63, 3.8) is 0 Å². The minimum Gasteiger partial charge on any atom is -0.462 e. The van der Waals surface area contributed by atoms with Crippen molar-refractivity contribution in [2.75, 3.05) is 6.54 Å². The Hall–Kier alpha value is -0.900. The number of rotatable bonds is 15. The highest BCUT2D eigenvalue weighted by Gasteiger charge is 2.11. The fourth-order valence-electron chi connectivity index (χ4n) is 2.44. The third-order valence-electron chi connectivity index (χ3n) is 3.95. The number of carbonyl (C=O) groups is 2. The number of esters is 1. The fraction of sp³-hybridized carbons (Fsp3) is 0.889. The molecule has 1 atom stereocenters. The fourth-order valence-corrected chi connectivity index (χ4v) is 2.44. The predicted octanol–water partition coefficient (Wildman–Crippen LogP) is 4.15. The van der Waals surface area contributed by atoms with Gasteiger partial charge in [0.25, 0.3) is 0 Å². The molecule has 0 fully saturated rings. The van der Waals surface area contributed by atoms with Crippen molar-refractivity contribution in [2.24, 2.45) is 5.73 Å². The minimum absolute atomic E-state index is 0.0540. The average Bonchev–Trinajstić information content (AvgIpc) is 2.52. The molecule has 130 valence electrons. The molecule has 0 aromatic rings. The molecule has 22 heavy (non-hydrogen) atoms. The zero-order valence-electron chi connectivity index (χ0n) is 14.6. The van der Waals surface area contributed by atoms with Crippen LogP contribution in [0.5, 0.6) is 0 Å². The van der Waals surface area contributed by atoms with E-state index in [1.165, 1.54) is 12.8 Å². The molecule has 2 N–H and O–H groups in total. The molecule has 0 aliphatic heterocycles. The number of hydrogen-bond donors (Lipinski definition) is 1. The van der Waals surface area contributed by atoms with Crippen molar-refractivity contribution < 1.29 is 14.3 Å². The van der Waals surface area contributed by atoms with Crippen molar-refractivity contribution in [1.29, 1.82) is 0 Å². The van der Waals surface area contributed by atoms with Gasteiger partial charge in [0.05, 0.1) is 6.54 Å². The van der Waals surface area contributed by atoms with Gasteiger partial charge in [-0.2, -0.15) is 0 Å². The molecule has 0 radical (unpaired) electrons. The Kier molecular flexibility index (Phi) is 14.4. The molecular formula is C18H35NO3. The molecule has 0 heterocycles. The van der Waals surface area contributed by atoms with E-state index in [4.69, 9.17) is 10.5 Å². The number of ether oxygens (including phenoxy) is 1. The summed E-state index contributed by atoms with van der Waals surface area (Å²) >= 11 is 0. The van der Waals surface area contributed by atoms with Crippen LogP contribution < -0.4 is 5.73 Å². The number of nitrogens with two attached hydrogens (primary N) is 1. The number of unbranched alkanes of at least 4 members (excludes halogenated alkanes) is 6. The van der Waals surface area contributed by atoms with E-state index in [1.807, 2.05) is 0 Å². The van der Waals surface area contributed by atoms with Crippen molar-refractivity contribution in [1.82, 2.24) is 0 Å². The van der Waals surface area contributed by atoms with Crippen LogP contribution in [0, 0.1) is 0 Å². The van der Waals surface area contributed by atoms with Gasteiger partial charge in [-0.25, -0.2) is 0 Å². The van der Waals surface area contributed by atoms with Gasteiger partial charge in [0, 0.05) is 12.8 Å². The molecule has 4 heteroatoms. The van der Waals surface area contributed by atoms with Crippen LogP contribution in [0.3, 0.4) is 0 Å². The summed E-state index contributed by atoms with van der Waals surface area (Å²) in [7, 11) is 0. The second kappa shape index (κ2) is 15.0. The zero-order chi connectivity index (χ0) is 16.6. The summed E-state index contributed by atoms with van der Waals surface area (Å²) < 4.78 is 5.52. The summed E-state index contributed by atoms with van der Waals surface area (Å²) in [6.45, 7) is 4.41. The van der Waals surface area contributed by atoms with E-state index in [2.05, 4.69) is 13.8 Å². The van der Waals surface area contributed by atoms with E-state index in [9.17, 15) is 9.59 Å². The summed E-state index contributed by atoms with van der Waals surface area (Å²) in [5, 5.41) is 0. The number of Topliss-reactive ketones (excluding diaryl/α,β-unsaturated/α-hetero) is 1. The topological polar surface area (TPSA) is 69.4 Å². The lowest BCUT2D eigenvalue weighted by Crippen LogP contribution is -2.17. The molecule has 0 bridgehead atoms. The predicted molar refractivity (Wildman–Crippen MR) is 90.7 cm³/mol. The monoisotopic (exact) mass is 313 g/mol. The quantitative estimate of drug-likeness (QED) is 0.364. The molecule has 4 nitrogen and oxygen atoms in total. The molecule has 0 saturated heterocycles. The Labute approximate surface area is 136 Å². The molecular weight excluding hydrogens is 278 g/mol. The standard InChI is InChI=1S/C18H35NO3/c1-3-5-9-13-17(4-2)22-18(21)14-11-8-6-7-10-12-16(20)15-19/h17H,3-15,19H2,1-2H3. The van der Waals surface area contributed by atoms with E-state index >= 15 is 0 Å². The molecule has 0 amide bonds. The Morgan fingerprint density at radius 1 is 0.909 bits per heavy atom. The van der Waals surface area contributed by atoms with Crippen LogP contribution in [0.4, 0.5) is 0 Å². The van der Waals surface area contributed by atoms with Gasteiger partial charge in [0.2, 0.25) is 0 Å². The molecule has 0 spiro atoms. The third kappa shape index (κ3) is 12.8. The number of carbonyl (C=O) groups excluding carboxylic acids is 2. The summed E-state index contributed by atoms with van der Waals surface area (Å²) in [5.41, 5.74) is 5.26. The summed E-state index contributed by atoms with van der Waals surface area (Å²) in [6, 6.07) is 0. The van der Waals surface area contributed by atoms with Gasteiger partial charge in [-0.3, -0.25) is 9.59 Å². The molecule has 0 saturated carbocycles. The van der Waals surface area contributed by atoms with E-state index in [0.29, 0.717) is 12.8 Å². The minimum atomic E-state index is -0.0540. The summed E-state index contributed by atoms with van der Waals surface area (Å²) in [6.07, 6.45) is 11.6. The van der Waals surface area contributed by atoms with Gasteiger partial charge >= 0.3 is 5.97 Å². The molecule has 0 aliphatic carbocycles. The lowest BCUT2D eigenvalue weighted by atomic mass is 10.1. The van der Waals surface area contributed by atoms with Gasteiger partial charge in [0.15, 0.2) is 0 Å². The highest BCUT2D eigenvalue weighted by atomic mass is 16.5. The van der Waals surface area contributed by atoms with Gasteiger partial charge in [-0.05, 0) is 32.1 Å². The maximum atomic E-state index is 11.8. The zero-order valence-corrected chi connectivity index (χ0v) is 14.6. The average molecular weight is 313 g/mol. The molecule has 0 aromatic heterocycles. The highest BCUT2D eigenvalue weighted by Crippen LogP contribution is 2.13. The van der Waals surface area contributed by atoms with Gasteiger partial charge in [-0.1, -0.05) is 46.0 Å². The third-order valence-corrected chi connectivity index (χ3v) is 3.95. The van der Waals surface area contributed by atoms with Crippen LogP contribution in [0.25, 0.3) is 0 Å². The summed E-state index contributed by atoms with van der Waals surface area (Å²) in [5.74, 6) is 0.0823.